The Kier molecular flexibility index (Phi) is 8.33. The van der Waals surface area contributed by atoms with E-state index in [-0.39, 0.29) is 5.75 Å². The molecule has 0 aliphatic heterocycles. The van der Waals surface area contributed by atoms with E-state index in [1.165, 1.54) is 25.1 Å². The van der Waals surface area contributed by atoms with Crippen LogP contribution in [0.2, 0.25) is 5.02 Å². The molecule has 11 heteroatoms. The minimum absolute atomic E-state index is 0.0404. The maximum absolute atomic E-state index is 12.8. The van der Waals surface area contributed by atoms with Crippen LogP contribution in [0.5, 0.6) is 11.5 Å². The third-order valence-electron chi connectivity index (χ3n) is 4.31. The largest absolute Gasteiger partial charge is 0.469 e. The number of phosphoric acid groups is 1. The van der Waals surface area contributed by atoms with Crippen LogP contribution in [0.3, 0.4) is 0 Å². The van der Waals surface area contributed by atoms with Gasteiger partial charge in [-0.3, -0.25) is 4.52 Å². The normalized spacial score (nSPS) is 14.4. The first kappa shape index (κ1) is 24.7. The molecule has 0 aliphatic carbocycles. The summed E-state index contributed by atoms with van der Waals surface area (Å²) in [5.74, 6) is 0.335. The molecular weight excluding hydrogens is 446 g/mol. The van der Waals surface area contributed by atoms with Crippen molar-refractivity contribution in [2.75, 3.05) is 0 Å². The standard InChI is InChI=1S/C19H22ClF3NO5P/c1-12(29-30(25,26)27)18(24)7-2-4-13-8-9-16(11-17(13)20)28-15-6-3-5-14(10-15)19(21,22)23/h3,5-6,8-12,18H,2,4,7,24H2,1H3,(H2,25,26,27)/t12-,18-/m1/s1. The SMILES string of the molecule is C[C@@H](OP(=O)(O)O)[C@H](N)CCCc1ccc(Oc2cccc(C(F)(F)F)c2)cc1Cl. The molecule has 2 rings (SSSR count). The molecule has 0 aliphatic rings. The summed E-state index contributed by atoms with van der Waals surface area (Å²) in [6, 6.07) is 8.78. The van der Waals surface area contributed by atoms with Crippen LogP contribution in [0, 0.1) is 0 Å². The second kappa shape index (κ2) is 10.1. The predicted molar refractivity (Wildman–Crippen MR) is 106 cm³/mol. The smallest absolute Gasteiger partial charge is 0.457 e. The number of nitrogens with two attached hydrogens (primary N) is 1. The van der Waals surface area contributed by atoms with Gasteiger partial charge in [-0.1, -0.05) is 23.7 Å². The van der Waals surface area contributed by atoms with Gasteiger partial charge in [-0.2, -0.15) is 13.2 Å². The molecule has 0 heterocycles. The monoisotopic (exact) mass is 467 g/mol. The van der Waals surface area contributed by atoms with Gasteiger partial charge in [-0.05, 0) is 62.1 Å². The lowest BCUT2D eigenvalue weighted by Crippen LogP contribution is -2.34. The Hall–Kier alpha value is -1.61. The fraction of sp³-hybridized carbons (Fsp3) is 0.368. The molecule has 166 valence electrons. The number of ether oxygens (including phenoxy) is 1. The van der Waals surface area contributed by atoms with Crippen LogP contribution in [0.4, 0.5) is 13.2 Å². The van der Waals surface area contributed by atoms with Crippen molar-refractivity contribution >= 4 is 19.4 Å². The number of benzene rings is 2. The van der Waals surface area contributed by atoms with Crippen molar-refractivity contribution in [2.45, 2.75) is 44.5 Å². The molecule has 0 saturated carbocycles. The van der Waals surface area contributed by atoms with E-state index >= 15 is 0 Å². The van der Waals surface area contributed by atoms with Gasteiger partial charge in [0.15, 0.2) is 0 Å². The van der Waals surface area contributed by atoms with Crippen molar-refractivity contribution < 1.29 is 36.8 Å². The molecule has 0 radical (unpaired) electrons. The minimum atomic E-state index is -4.60. The Bertz CT molecular complexity index is 906. The second-order valence-electron chi connectivity index (χ2n) is 6.74. The number of phosphoric ester groups is 1. The lowest BCUT2D eigenvalue weighted by Gasteiger charge is -2.20. The average Bonchev–Trinajstić information content (AvgIpc) is 2.61. The van der Waals surface area contributed by atoms with E-state index in [0.717, 1.165) is 17.7 Å². The fourth-order valence-corrected chi connectivity index (χ4v) is 3.58. The molecule has 0 fully saturated rings. The van der Waals surface area contributed by atoms with Crippen molar-refractivity contribution in [2.24, 2.45) is 5.73 Å². The number of rotatable bonds is 9. The van der Waals surface area contributed by atoms with Gasteiger partial charge in [0.05, 0.1) is 11.7 Å². The predicted octanol–water partition coefficient (Wildman–Crippen LogP) is 5.30. The molecule has 2 aromatic rings. The highest BCUT2D eigenvalue weighted by molar-refractivity contribution is 7.46. The highest BCUT2D eigenvalue weighted by Gasteiger charge is 2.30. The number of alkyl halides is 3. The Morgan fingerprint density at radius 1 is 1.17 bits per heavy atom. The van der Waals surface area contributed by atoms with E-state index < -0.39 is 31.7 Å². The molecule has 4 N–H and O–H groups in total. The lowest BCUT2D eigenvalue weighted by atomic mass is 10.0. The molecule has 0 amide bonds. The molecule has 0 aromatic heterocycles. The Labute approximate surface area is 177 Å². The summed E-state index contributed by atoms with van der Waals surface area (Å²) < 4.78 is 59.3. The van der Waals surface area contributed by atoms with E-state index in [1.807, 2.05) is 0 Å². The van der Waals surface area contributed by atoms with E-state index in [9.17, 15) is 17.7 Å². The van der Waals surface area contributed by atoms with Gasteiger partial charge in [-0.25, -0.2) is 4.57 Å². The van der Waals surface area contributed by atoms with Gasteiger partial charge < -0.3 is 20.3 Å². The van der Waals surface area contributed by atoms with Crippen molar-refractivity contribution in [3.8, 4) is 11.5 Å². The first-order valence-electron chi connectivity index (χ1n) is 8.98. The zero-order chi connectivity index (χ0) is 22.5. The van der Waals surface area contributed by atoms with E-state index in [1.54, 1.807) is 12.1 Å². The highest BCUT2D eigenvalue weighted by atomic mass is 35.5. The first-order valence-corrected chi connectivity index (χ1v) is 10.9. The molecule has 0 spiro atoms. The maximum atomic E-state index is 12.8. The maximum Gasteiger partial charge on any atom is 0.469 e. The lowest BCUT2D eigenvalue weighted by molar-refractivity contribution is -0.137. The summed E-state index contributed by atoms with van der Waals surface area (Å²) in [5, 5.41) is 0.382. The molecular formula is C19H22ClF3NO5P. The Morgan fingerprint density at radius 3 is 2.43 bits per heavy atom. The van der Waals surface area contributed by atoms with Crippen molar-refractivity contribution in [1.29, 1.82) is 0 Å². The number of hydrogen-bond acceptors (Lipinski definition) is 4. The van der Waals surface area contributed by atoms with Gasteiger partial charge in [-0.15, -0.1) is 0 Å². The average molecular weight is 468 g/mol. The van der Waals surface area contributed by atoms with Crippen LogP contribution < -0.4 is 10.5 Å². The molecule has 6 nitrogen and oxygen atoms in total. The summed E-state index contributed by atoms with van der Waals surface area (Å²) in [7, 11) is -4.60. The van der Waals surface area contributed by atoms with Crippen LogP contribution in [0.15, 0.2) is 42.5 Å². The third-order valence-corrected chi connectivity index (χ3v) is 5.27. The van der Waals surface area contributed by atoms with Gasteiger partial charge in [0.1, 0.15) is 11.5 Å². The molecule has 2 atom stereocenters. The zero-order valence-electron chi connectivity index (χ0n) is 16.0. The summed E-state index contributed by atoms with van der Waals surface area (Å²) in [4.78, 5) is 17.6. The van der Waals surface area contributed by atoms with Crippen LogP contribution in [-0.4, -0.2) is 21.9 Å². The van der Waals surface area contributed by atoms with Gasteiger partial charge in [0, 0.05) is 11.1 Å². The topological polar surface area (TPSA) is 102 Å². The molecule has 2 aromatic carbocycles. The number of hydrogen-bond donors (Lipinski definition) is 3. The number of halogens is 4. The fourth-order valence-electron chi connectivity index (χ4n) is 2.72. The molecule has 30 heavy (non-hydrogen) atoms. The summed E-state index contributed by atoms with van der Waals surface area (Å²) in [6.45, 7) is 1.48. The molecule has 0 saturated heterocycles. The van der Waals surface area contributed by atoms with Crippen molar-refractivity contribution in [3.63, 3.8) is 0 Å². The number of aryl methyl sites for hydroxylation is 1. The summed E-state index contributed by atoms with van der Waals surface area (Å²) in [6.07, 6.45) is -3.71. The first-order chi connectivity index (χ1) is 13.8. The van der Waals surface area contributed by atoms with Gasteiger partial charge in [0.2, 0.25) is 0 Å². The summed E-state index contributed by atoms with van der Waals surface area (Å²) >= 11 is 6.25. The van der Waals surface area contributed by atoms with E-state index in [0.29, 0.717) is 30.0 Å². The molecule has 0 unspecified atom stereocenters. The third kappa shape index (κ3) is 7.91. The van der Waals surface area contributed by atoms with Crippen molar-refractivity contribution in [3.05, 3.63) is 58.6 Å². The van der Waals surface area contributed by atoms with Crippen LogP contribution in [0.25, 0.3) is 0 Å². The van der Waals surface area contributed by atoms with Crippen LogP contribution in [0.1, 0.15) is 30.9 Å². The highest BCUT2D eigenvalue weighted by Crippen LogP contribution is 2.38. The van der Waals surface area contributed by atoms with Gasteiger partial charge in [0.25, 0.3) is 0 Å². The van der Waals surface area contributed by atoms with Gasteiger partial charge >= 0.3 is 14.0 Å². The Balaban J connectivity index is 1.94. The summed E-state index contributed by atoms with van der Waals surface area (Å²) in [5.41, 5.74) is 5.85. The van der Waals surface area contributed by atoms with Crippen LogP contribution in [-0.2, 0) is 21.7 Å². The second-order valence-corrected chi connectivity index (χ2v) is 8.34. The molecule has 0 bridgehead atoms. The van der Waals surface area contributed by atoms with E-state index in [4.69, 9.17) is 31.9 Å². The van der Waals surface area contributed by atoms with Crippen molar-refractivity contribution in [1.82, 2.24) is 0 Å². The quantitative estimate of drug-likeness (QED) is 0.433. The zero-order valence-corrected chi connectivity index (χ0v) is 17.6. The van der Waals surface area contributed by atoms with Crippen LogP contribution >= 0.6 is 19.4 Å². The Morgan fingerprint density at radius 2 is 1.83 bits per heavy atom. The van der Waals surface area contributed by atoms with E-state index in [2.05, 4.69) is 4.52 Å². The minimum Gasteiger partial charge on any atom is -0.457 e.